The quantitative estimate of drug-likeness (QED) is 0.393. The molecule has 4 rings (SSSR count). The summed E-state index contributed by atoms with van der Waals surface area (Å²) in [5, 5.41) is 0.549. The third-order valence-electron chi connectivity index (χ3n) is 4.51. The molecule has 1 heterocycles. The number of halogens is 4. The molecule has 2 aromatic carbocycles. The number of nitrogens with zero attached hydrogens (tertiary/aromatic N) is 1. The lowest BCUT2D eigenvalue weighted by Crippen LogP contribution is -2.13. The van der Waals surface area contributed by atoms with Crippen LogP contribution in [0.4, 0.5) is 13.2 Å². The second kappa shape index (κ2) is 5.60. The van der Waals surface area contributed by atoms with Crippen LogP contribution in [-0.2, 0) is 6.18 Å². The Morgan fingerprint density at radius 1 is 1.00 bits per heavy atom. The average Bonchev–Trinajstić information content (AvgIpc) is 2.88. The van der Waals surface area contributed by atoms with Crippen molar-refractivity contribution >= 4 is 11.6 Å². The molecule has 0 spiro atoms. The third kappa shape index (κ3) is 2.61. The van der Waals surface area contributed by atoms with Crippen LogP contribution in [0.25, 0.3) is 11.3 Å². The zero-order chi connectivity index (χ0) is 17.8. The van der Waals surface area contributed by atoms with Crippen molar-refractivity contribution in [3.8, 4) is 11.3 Å². The number of hydrogen-bond donors (Lipinski definition) is 0. The van der Waals surface area contributed by atoms with Gasteiger partial charge in [0.1, 0.15) is 0 Å². The number of aromatic nitrogens is 1. The molecule has 0 fully saturated rings. The van der Waals surface area contributed by atoms with E-state index in [4.69, 9.17) is 11.6 Å². The summed E-state index contributed by atoms with van der Waals surface area (Å²) < 4.78 is 41.3. The molecule has 0 amide bonds. The summed E-state index contributed by atoms with van der Waals surface area (Å²) in [5.41, 5.74) is 2.75. The minimum absolute atomic E-state index is 0.224. The first kappa shape index (κ1) is 16.2. The van der Waals surface area contributed by atoms with Crippen molar-refractivity contribution in [2.75, 3.05) is 0 Å². The Morgan fingerprint density at radius 2 is 1.68 bits per heavy atom. The first-order valence-electron chi connectivity index (χ1n) is 7.80. The molecule has 3 aromatic rings. The molecular formula is C20H13ClF3N. The van der Waals surface area contributed by atoms with Crippen LogP contribution >= 0.6 is 11.6 Å². The lowest BCUT2D eigenvalue weighted by molar-refractivity contribution is -0.138. The standard InChI is InChI=1S/C20H13ClF3N/c1-11-10-16(20(22,23)24)18-17(12-6-8-13(21)9-7-12)14-4-2-3-5-15(14)19(18)25-11/h2-10,17H,1H3. The SMILES string of the molecule is Cc1cc(C(F)(F)F)c2c(n1)-c1ccccc1C2c1ccc(Cl)cc1. The molecule has 1 aliphatic rings. The molecule has 1 unspecified atom stereocenters. The van der Waals surface area contributed by atoms with E-state index in [-0.39, 0.29) is 5.56 Å². The van der Waals surface area contributed by atoms with Gasteiger partial charge in [-0.3, -0.25) is 4.98 Å². The van der Waals surface area contributed by atoms with Crippen LogP contribution in [0.5, 0.6) is 0 Å². The molecule has 0 N–H and O–H groups in total. The van der Waals surface area contributed by atoms with Gasteiger partial charge >= 0.3 is 6.18 Å². The number of pyridine rings is 1. The van der Waals surface area contributed by atoms with E-state index in [1.807, 2.05) is 24.3 Å². The summed E-state index contributed by atoms with van der Waals surface area (Å²) in [6.45, 7) is 1.59. The van der Waals surface area contributed by atoms with E-state index < -0.39 is 17.7 Å². The number of fused-ring (bicyclic) bond motifs is 3. The highest BCUT2D eigenvalue weighted by atomic mass is 35.5. The molecular weight excluding hydrogens is 347 g/mol. The van der Waals surface area contributed by atoms with E-state index in [1.165, 1.54) is 0 Å². The molecule has 1 nitrogen and oxygen atoms in total. The Hall–Kier alpha value is -2.33. The third-order valence-corrected chi connectivity index (χ3v) is 4.76. The van der Waals surface area contributed by atoms with Crippen molar-refractivity contribution in [2.24, 2.45) is 0 Å². The number of rotatable bonds is 1. The molecule has 126 valence electrons. The molecule has 0 radical (unpaired) electrons. The zero-order valence-electron chi connectivity index (χ0n) is 13.2. The van der Waals surface area contributed by atoms with Gasteiger partial charge in [-0.1, -0.05) is 48.0 Å². The molecule has 5 heteroatoms. The predicted octanol–water partition coefficient (Wildman–Crippen LogP) is 6.22. The number of hydrogen-bond acceptors (Lipinski definition) is 1. The Labute approximate surface area is 148 Å². The Morgan fingerprint density at radius 3 is 2.36 bits per heavy atom. The fourth-order valence-corrected chi connectivity index (χ4v) is 3.66. The van der Waals surface area contributed by atoms with Crippen LogP contribution in [0.3, 0.4) is 0 Å². The fourth-order valence-electron chi connectivity index (χ4n) is 3.54. The highest BCUT2D eigenvalue weighted by Crippen LogP contribution is 2.51. The van der Waals surface area contributed by atoms with Crippen molar-refractivity contribution in [1.29, 1.82) is 0 Å². The molecule has 0 aliphatic heterocycles. The minimum atomic E-state index is -4.44. The molecule has 25 heavy (non-hydrogen) atoms. The lowest BCUT2D eigenvalue weighted by Gasteiger charge is -2.19. The van der Waals surface area contributed by atoms with E-state index in [0.29, 0.717) is 16.4 Å². The Kier molecular flexibility index (Phi) is 3.62. The summed E-state index contributed by atoms with van der Waals surface area (Å²) in [5.74, 6) is -0.506. The van der Waals surface area contributed by atoms with Gasteiger partial charge in [-0.25, -0.2) is 0 Å². The molecule has 0 bridgehead atoms. The van der Waals surface area contributed by atoms with E-state index in [1.54, 1.807) is 31.2 Å². The van der Waals surface area contributed by atoms with E-state index in [2.05, 4.69) is 4.98 Å². The van der Waals surface area contributed by atoms with E-state index in [0.717, 1.165) is 22.8 Å². The van der Waals surface area contributed by atoms with Gasteiger partial charge in [0, 0.05) is 27.8 Å². The molecule has 1 atom stereocenters. The second-order valence-corrected chi connectivity index (χ2v) is 6.58. The van der Waals surface area contributed by atoms with Crippen LogP contribution in [-0.4, -0.2) is 4.98 Å². The van der Waals surface area contributed by atoms with Crippen molar-refractivity contribution in [2.45, 2.75) is 19.0 Å². The first-order chi connectivity index (χ1) is 11.9. The van der Waals surface area contributed by atoms with Crippen LogP contribution in [0.2, 0.25) is 5.02 Å². The summed E-state index contributed by atoms with van der Waals surface area (Å²) in [7, 11) is 0. The maximum atomic E-state index is 13.8. The fraction of sp³-hybridized carbons (Fsp3) is 0.150. The van der Waals surface area contributed by atoms with Gasteiger partial charge in [-0.15, -0.1) is 0 Å². The van der Waals surface area contributed by atoms with Gasteiger partial charge < -0.3 is 0 Å². The van der Waals surface area contributed by atoms with Gasteiger partial charge in [0.2, 0.25) is 0 Å². The predicted molar refractivity (Wildman–Crippen MR) is 91.8 cm³/mol. The summed E-state index contributed by atoms with van der Waals surface area (Å²) in [4.78, 5) is 4.44. The maximum Gasteiger partial charge on any atom is 0.416 e. The molecule has 0 saturated carbocycles. The normalized spacial score (nSPS) is 15.8. The number of aryl methyl sites for hydroxylation is 1. The van der Waals surface area contributed by atoms with Crippen LogP contribution < -0.4 is 0 Å². The van der Waals surface area contributed by atoms with Crippen LogP contribution in [0.15, 0.2) is 54.6 Å². The van der Waals surface area contributed by atoms with Crippen molar-refractivity contribution in [3.05, 3.63) is 87.6 Å². The first-order valence-corrected chi connectivity index (χ1v) is 8.17. The van der Waals surface area contributed by atoms with Crippen molar-refractivity contribution in [1.82, 2.24) is 4.98 Å². The number of alkyl halides is 3. The second-order valence-electron chi connectivity index (χ2n) is 6.14. The largest absolute Gasteiger partial charge is 0.416 e. The zero-order valence-corrected chi connectivity index (χ0v) is 14.0. The number of benzene rings is 2. The molecule has 1 aliphatic carbocycles. The smallest absolute Gasteiger partial charge is 0.253 e. The van der Waals surface area contributed by atoms with Crippen molar-refractivity contribution in [3.63, 3.8) is 0 Å². The van der Waals surface area contributed by atoms with Gasteiger partial charge in [0.05, 0.1) is 11.3 Å². The van der Waals surface area contributed by atoms with E-state index in [9.17, 15) is 13.2 Å². The highest BCUT2D eigenvalue weighted by molar-refractivity contribution is 6.30. The van der Waals surface area contributed by atoms with Crippen molar-refractivity contribution < 1.29 is 13.2 Å². The molecule has 1 aromatic heterocycles. The van der Waals surface area contributed by atoms with Crippen LogP contribution in [0, 0.1) is 6.92 Å². The molecule has 0 saturated heterocycles. The summed E-state index contributed by atoms with van der Waals surface area (Å²) in [6.07, 6.45) is -4.44. The topological polar surface area (TPSA) is 12.9 Å². The van der Waals surface area contributed by atoms with Gasteiger partial charge in [-0.05, 0) is 36.2 Å². The lowest BCUT2D eigenvalue weighted by atomic mass is 9.87. The van der Waals surface area contributed by atoms with Gasteiger partial charge in [0.25, 0.3) is 0 Å². The monoisotopic (exact) mass is 359 g/mol. The Bertz CT molecular complexity index is 962. The minimum Gasteiger partial charge on any atom is -0.253 e. The van der Waals surface area contributed by atoms with Gasteiger partial charge in [0.15, 0.2) is 0 Å². The summed E-state index contributed by atoms with van der Waals surface area (Å²) in [6, 6.07) is 15.4. The average molecular weight is 360 g/mol. The maximum absolute atomic E-state index is 13.8. The van der Waals surface area contributed by atoms with Crippen LogP contribution in [0.1, 0.15) is 33.9 Å². The van der Waals surface area contributed by atoms with Gasteiger partial charge in [-0.2, -0.15) is 13.2 Å². The van der Waals surface area contributed by atoms with E-state index >= 15 is 0 Å². The Balaban J connectivity index is 2.06. The highest BCUT2D eigenvalue weighted by Gasteiger charge is 2.42. The summed E-state index contributed by atoms with van der Waals surface area (Å²) >= 11 is 5.95.